The summed E-state index contributed by atoms with van der Waals surface area (Å²) in [7, 11) is 3.12. The van der Waals surface area contributed by atoms with Gasteiger partial charge in [-0.2, -0.15) is 0 Å². The molecule has 4 aromatic rings. The number of carbonyl (C=O) groups excluding carboxylic acids is 2. The molecule has 0 fully saturated rings. The Morgan fingerprint density at radius 3 is 1.84 bits per heavy atom. The Morgan fingerprint density at radius 2 is 1.24 bits per heavy atom. The van der Waals surface area contributed by atoms with Gasteiger partial charge >= 0.3 is 11.9 Å². The highest BCUT2D eigenvalue weighted by atomic mass is 35.5. The van der Waals surface area contributed by atoms with Gasteiger partial charge in [0.1, 0.15) is 11.5 Å². The Balaban J connectivity index is 0.000000276. The highest BCUT2D eigenvalue weighted by Gasteiger charge is 2.22. The fourth-order valence-electron chi connectivity index (χ4n) is 5.50. The zero-order chi connectivity index (χ0) is 35.8. The lowest BCUT2D eigenvalue weighted by molar-refractivity contribution is -0.134. The van der Waals surface area contributed by atoms with Crippen molar-refractivity contribution in [2.24, 2.45) is 0 Å². The molecule has 0 saturated carbocycles. The molecule has 0 aliphatic rings. The summed E-state index contributed by atoms with van der Waals surface area (Å²) in [6.45, 7) is 10.7. The van der Waals surface area contributed by atoms with Gasteiger partial charge in [0.15, 0.2) is 23.0 Å². The molecule has 0 heterocycles. The van der Waals surface area contributed by atoms with E-state index in [0.29, 0.717) is 47.0 Å². The fourth-order valence-corrected chi connectivity index (χ4v) is 5.67. The zero-order valence-corrected chi connectivity index (χ0v) is 30.8. The minimum Gasteiger partial charge on any atom is -0.496 e. The Morgan fingerprint density at radius 1 is 0.633 bits per heavy atom. The van der Waals surface area contributed by atoms with Crippen molar-refractivity contribution in [3.8, 4) is 34.5 Å². The molecule has 0 atom stereocenters. The van der Waals surface area contributed by atoms with E-state index in [2.05, 4.69) is 13.8 Å². The van der Waals surface area contributed by atoms with Crippen molar-refractivity contribution >= 4 is 45.1 Å². The van der Waals surface area contributed by atoms with Crippen molar-refractivity contribution in [3.05, 3.63) is 59.1 Å². The predicted octanol–water partition coefficient (Wildman–Crippen LogP) is 10.8. The van der Waals surface area contributed by atoms with Crippen molar-refractivity contribution in [2.75, 3.05) is 27.4 Å². The second-order valence-corrected chi connectivity index (χ2v) is 12.1. The van der Waals surface area contributed by atoms with Crippen LogP contribution in [0, 0.1) is 6.92 Å². The van der Waals surface area contributed by atoms with E-state index >= 15 is 0 Å². The first kappa shape index (κ1) is 39.3. The summed E-state index contributed by atoms with van der Waals surface area (Å²) in [4.78, 5) is 23.3. The number of ether oxygens (including phenoxy) is 6. The maximum Gasteiger partial charge on any atom is 0.311 e. The highest BCUT2D eigenvalue weighted by molar-refractivity contribution is 6.31. The average molecular weight is 695 g/mol. The minimum absolute atomic E-state index is 0.281. The number of esters is 2. The first-order valence-corrected chi connectivity index (χ1v) is 17.6. The normalized spacial score (nSPS) is 10.7. The number of benzene rings is 4. The number of halogens is 1. The molecule has 0 N–H and O–H groups in total. The van der Waals surface area contributed by atoms with Gasteiger partial charge in [0, 0.05) is 51.5 Å². The molecule has 0 bridgehead atoms. The molecule has 4 rings (SSSR count). The molecule has 0 aromatic heterocycles. The van der Waals surface area contributed by atoms with E-state index in [4.69, 9.17) is 40.0 Å². The molecule has 0 unspecified atom stereocenters. The van der Waals surface area contributed by atoms with Gasteiger partial charge in [-0.05, 0) is 38.0 Å². The van der Waals surface area contributed by atoms with Crippen LogP contribution in [0.15, 0.2) is 48.5 Å². The minimum atomic E-state index is -0.340. The van der Waals surface area contributed by atoms with Gasteiger partial charge in [-0.25, -0.2) is 0 Å². The van der Waals surface area contributed by atoms with E-state index in [9.17, 15) is 9.59 Å². The lowest BCUT2D eigenvalue weighted by atomic mass is 10.0. The maximum atomic E-state index is 11.7. The standard InChI is InChI=1S/C24H34O4.C16H17ClO4/c1-4-6-8-12-16-26-23-18-22(28-19(3)25)20-14-10-11-15-21(20)24(23)27-17-13-9-7-5-2;1-5-13(18)21-16-11-7-6-10(17)8-12(11)14(19-3)9(2)15(16)20-4/h10-11,14-15,18H,4-9,12-13,16-17H2,1-3H3;6-8H,5H2,1-4H3. The Bertz CT molecular complexity index is 1680. The summed E-state index contributed by atoms with van der Waals surface area (Å²) in [5.41, 5.74) is 0.758. The van der Waals surface area contributed by atoms with Crippen LogP contribution >= 0.6 is 11.6 Å². The Hall–Kier alpha value is -4.17. The van der Waals surface area contributed by atoms with Gasteiger partial charge in [-0.1, -0.05) is 95.2 Å². The van der Waals surface area contributed by atoms with Gasteiger partial charge in [0.2, 0.25) is 0 Å². The number of hydrogen-bond donors (Lipinski definition) is 0. The fraction of sp³-hybridized carbons (Fsp3) is 0.450. The smallest absolute Gasteiger partial charge is 0.311 e. The van der Waals surface area contributed by atoms with E-state index in [-0.39, 0.29) is 18.4 Å². The molecule has 8 nitrogen and oxygen atoms in total. The molecular formula is C40H51ClO8. The molecule has 0 aliphatic heterocycles. The van der Waals surface area contributed by atoms with Crippen LogP contribution in [-0.2, 0) is 9.59 Å². The van der Waals surface area contributed by atoms with Gasteiger partial charge in [0.25, 0.3) is 0 Å². The number of carbonyl (C=O) groups is 2. The number of hydrogen-bond acceptors (Lipinski definition) is 8. The quantitative estimate of drug-likeness (QED) is 0.0613. The van der Waals surface area contributed by atoms with E-state index in [1.807, 2.05) is 31.2 Å². The third-order valence-electron chi connectivity index (χ3n) is 7.95. The molecule has 9 heteroatoms. The van der Waals surface area contributed by atoms with Gasteiger partial charge in [0.05, 0.1) is 27.4 Å². The summed E-state index contributed by atoms with van der Waals surface area (Å²) in [6, 6.07) is 15.0. The van der Waals surface area contributed by atoms with Gasteiger partial charge in [-0.15, -0.1) is 0 Å². The van der Waals surface area contributed by atoms with Gasteiger partial charge < -0.3 is 28.4 Å². The SMILES string of the molecule is CCC(=O)Oc1c(OC)c(C)c(OC)c2cc(Cl)ccc12.CCCCCCOc1cc(OC(C)=O)c2ccccc2c1OCCCCCC. The summed E-state index contributed by atoms with van der Waals surface area (Å²) < 4.78 is 34.0. The zero-order valence-electron chi connectivity index (χ0n) is 30.0. The van der Waals surface area contributed by atoms with Crippen molar-refractivity contribution in [3.63, 3.8) is 0 Å². The molecule has 0 amide bonds. The lowest BCUT2D eigenvalue weighted by Gasteiger charge is -2.18. The molecule has 0 spiro atoms. The van der Waals surface area contributed by atoms with Crippen molar-refractivity contribution < 1.29 is 38.0 Å². The average Bonchev–Trinajstić information content (AvgIpc) is 3.09. The number of methoxy groups -OCH3 is 2. The first-order chi connectivity index (χ1) is 23.7. The highest BCUT2D eigenvalue weighted by Crippen LogP contribution is 2.46. The largest absolute Gasteiger partial charge is 0.496 e. The van der Waals surface area contributed by atoms with E-state index in [0.717, 1.165) is 58.5 Å². The number of fused-ring (bicyclic) bond motifs is 2. The number of unbranched alkanes of at least 4 members (excludes halogenated alkanes) is 6. The van der Waals surface area contributed by atoms with Crippen molar-refractivity contribution in [2.45, 2.75) is 92.4 Å². The van der Waals surface area contributed by atoms with Crippen LogP contribution in [0.3, 0.4) is 0 Å². The second kappa shape index (κ2) is 20.4. The molecule has 266 valence electrons. The second-order valence-electron chi connectivity index (χ2n) is 11.7. The molecule has 0 saturated heterocycles. The Labute approximate surface area is 295 Å². The lowest BCUT2D eigenvalue weighted by Crippen LogP contribution is -2.08. The topological polar surface area (TPSA) is 89.5 Å². The van der Waals surface area contributed by atoms with Crippen molar-refractivity contribution in [1.82, 2.24) is 0 Å². The van der Waals surface area contributed by atoms with Crippen LogP contribution in [0.5, 0.6) is 34.5 Å². The maximum absolute atomic E-state index is 11.7. The summed E-state index contributed by atoms with van der Waals surface area (Å²) in [5.74, 6) is 2.80. The molecule has 0 radical (unpaired) electrons. The van der Waals surface area contributed by atoms with Crippen LogP contribution < -0.4 is 28.4 Å². The summed E-state index contributed by atoms with van der Waals surface area (Å²) in [6.07, 6.45) is 9.43. The van der Waals surface area contributed by atoms with E-state index < -0.39 is 0 Å². The third kappa shape index (κ3) is 10.9. The van der Waals surface area contributed by atoms with Crippen molar-refractivity contribution in [1.29, 1.82) is 0 Å². The summed E-state index contributed by atoms with van der Waals surface area (Å²) in [5, 5.41) is 3.86. The summed E-state index contributed by atoms with van der Waals surface area (Å²) >= 11 is 6.06. The number of rotatable bonds is 17. The van der Waals surface area contributed by atoms with E-state index in [1.165, 1.54) is 39.7 Å². The van der Waals surface area contributed by atoms with Crippen LogP contribution in [0.1, 0.15) is 91.0 Å². The van der Waals surface area contributed by atoms with Crippen LogP contribution in [0.4, 0.5) is 0 Å². The predicted molar refractivity (Wildman–Crippen MR) is 197 cm³/mol. The molecule has 0 aliphatic carbocycles. The first-order valence-electron chi connectivity index (χ1n) is 17.2. The monoisotopic (exact) mass is 694 g/mol. The third-order valence-corrected chi connectivity index (χ3v) is 8.18. The van der Waals surface area contributed by atoms with Crippen LogP contribution in [0.25, 0.3) is 21.5 Å². The molecular weight excluding hydrogens is 644 g/mol. The Kier molecular flexibility index (Phi) is 16.3. The van der Waals surface area contributed by atoms with Crippen LogP contribution in [0.2, 0.25) is 5.02 Å². The van der Waals surface area contributed by atoms with Gasteiger partial charge in [-0.3, -0.25) is 9.59 Å². The molecule has 4 aromatic carbocycles. The van der Waals surface area contributed by atoms with Crippen LogP contribution in [-0.4, -0.2) is 39.4 Å². The van der Waals surface area contributed by atoms with E-state index in [1.54, 1.807) is 38.3 Å². The molecule has 49 heavy (non-hydrogen) atoms.